The maximum absolute atomic E-state index is 5.32. The molecule has 240 valence electrons. The van der Waals surface area contributed by atoms with Gasteiger partial charge in [0.15, 0.2) is 5.82 Å². The maximum atomic E-state index is 5.32. The molecular formula is C49H34N2. The SMILES string of the molecule is CC1(C)c2ccccc2-c2cc(-c3cccc(-c4cc(-c5c6ccccc6cc6c5ccc5ccccc56)nc(-c5ccccc5)n4)c3)ccc21. The number of hydrogen-bond acceptors (Lipinski definition) is 2. The molecule has 0 unspecified atom stereocenters. The molecule has 0 amide bonds. The van der Waals surface area contributed by atoms with Gasteiger partial charge < -0.3 is 0 Å². The van der Waals surface area contributed by atoms with E-state index in [9.17, 15) is 0 Å². The number of fused-ring (bicyclic) bond motifs is 7. The highest BCUT2D eigenvalue weighted by molar-refractivity contribution is 6.19. The summed E-state index contributed by atoms with van der Waals surface area (Å²) in [5.74, 6) is 0.715. The molecule has 0 N–H and O–H groups in total. The molecule has 0 spiro atoms. The van der Waals surface area contributed by atoms with Gasteiger partial charge >= 0.3 is 0 Å². The van der Waals surface area contributed by atoms with Crippen LogP contribution in [0.15, 0.2) is 170 Å². The van der Waals surface area contributed by atoms with Crippen LogP contribution in [0, 0.1) is 0 Å². The molecule has 2 nitrogen and oxygen atoms in total. The number of hydrogen-bond donors (Lipinski definition) is 0. The van der Waals surface area contributed by atoms with Gasteiger partial charge in [0, 0.05) is 22.1 Å². The Morgan fingerprint density at radius 2 is 1.04 bits per heavy atom. The number of aromatic nitrogens is 2. The van der Waals surface area contributed by atoms with E-state index in [0.29, 0.717) is 5.82 Å². The second-order valence-corrected chi connectivity index (χ2v) is 14.2. The van der Waals surface area contributed by atoms with E-state index in [1.165, 1.54) is 65.7 Å². The van der Waals surface area contributed by atoms with Crippen LogP contribution in [0.4, 0.5) is 0 Å². The molecule has 0 fully saturated rings. The molecule has 1 aromatic heterocycles. The zero-order valence-corrected chi connectivity index (χ0v) is 28.6. The molecule has 0 saturated heterocycles. The quantitative estimate of drug-likeness (QED) is 0.140. The Hall–Kier alpha value is -6.38. The summed E-state index contributed by atoms with van der Waals surface area (Å²) < 4.78 is 0. The van der Waals surface area contributed by atoms with Crippen molar-refractivity contribution in [3.63, 3.8) is 0 Å². The van der Waals surface area contributed by atoms with Crippen LogP contribution >= 0.6 is 0 Å². The predicted molar refractivity (Wildman–Crippen MR) is 214 cm³/mol. The van der Waals surface area contributed by atoms with Crippen molar-refractivity contribution in [3.8, 4) is 56.2 Å². The van der Waals surface area contributed by atoms with E-state index in [-0.39, 0.29) is 5.41 Å². The fraction of sp³-hybridized carbons (Fsp3) is 0.0612. The first kappa shape index (κ1) is 29.5. The third-order valence-corrected chi connectivity index (χ3v) is 10.9. The summed E-state index contributed by atoms with van der Waals surface area (Å²) >= 11 is 0. The highest BCUT2D eigenvalue weighted by Gasteiger charge is 2.35. The molecular weight excluding hydrogens is 617 g/mol. The van der Waals surface area contributed by atoms with Gasteiger partial charge in [0.25, 0.3) is 0 Å². The van der Waals surface area contributed by atoms with Crippen molar-refractivity contribution < 1.29 is 0 Å². The van der Waals surface area contributed by atoms with Crippen molar-refractivity contribution in [2.75, 3.05) is 0 Å². The van der Waals surface area contributed by atoms with Gasteiger partial charge in [-0.15, -0.1) is 0 Å². The van der Waals surface area contributed by atoms with Crippen molar-refractivity contribution >= 4 is 32.3 Å². The van der Waals surface area contributed by atoms with Gasteiger partial charge in [0.1, 0.15) is 0 Å². The van der Waals surface area contributed by atoms with E-state index in [0.717, 1.165) is 28.1 Å². The molecule has 2 heteroatoms. The Labute approximate surface area is 297 Å². The third kappa shape index (κ3) is 4.71. The molecule has 0 radical (unpaired) electrons. The molecule has 51 heavy (non-hydrogen) atoms. The van der Waals surface area contributed by atoms with Crippen LogP contribution in [0.5, 0.6) is 0 Å². The minimum Gasteiger partial charge on any atom is -0.228 e. The monoisotopic (exact) mass is 650 g/mol. The van der Waals surface area contributed by atoms with E-state index in [2.05, 4.69) is 178 Å². The summed E-state index contributed by atoms with van der Waals surface area (Å²) in [7, 11) is 0. The highest BCUT2D eigenvalue weighted by Crippen LogP contribution is 2.49. The lowest BCUT2D eigenvalue weighted by molar-refractivity contribution is 0.660. The zero-order chi connectivity index (χ0) is 34.1. The van der Waals surface area contributed by atoms with Crippen molar-refractivity contribution in [1.82, 2.24) is 9.97 Å². The van der Waals surface area contributed by atoms with Gasteiger partial charge in [0.05, 0.1) is 11.4 Å². The lowest BCUT2D eigenvalue weighted by Gasteiger charge is -2.21. The first-order chi connectivity index (χ1) is 25.0. The van der Waals surface area contributed by atoms with Gasteiger partial charge in [-0.25, -0.2) is 9.97 Å². The Bertz CT molecular complexity index is 2830. The highest BCUT2D eigenvalue weighted by atomic mass is 14.9. The van der Waals surface area contributed by atoms with E-state index in [4.69, 9.17) is 9.97 Å². The second-order valence-electron chi connectivity index (χ2n) is 14.2. The Kier molecular flexibility index (Phi) is 6.56. The smallest absolute Gasteiger partial charge is 0.160 e. The molecule has 0 atom stereocenters. The molecule has 1 aliphatic carbocycles. The van der Waals surface area contributed by atoms with E-state index in [1.807, 2.05) is 6.07 Å². The third-order valence-electron chi connectivity index (χ3n) is 10.9. The Morgan fingerprint density at radius 1 is 0.373 bits per heavy atom. The first-order valence-electron chi connectivity index (χ1n) is 17.7. The van der Waals surface area contributed by atoms with Gasteiger partial charge in [-0.1, -0.05) is 159 Å². The number of rotatable bonds is 4. The predicted octanol–water partition coefficient (Wildman–Crippen LogP) is 12.9. The summed E-state index contributed by atoms with van der Waals surface area (Å²) in [6, 6.07) is 61.3. The van der Waals surface area contributed by atoms with Gasteiger partial charge in [-0.05, 0) is 90.0 Å². The zero-order valence-electron chi connectivity index (χ0n) is 28.6. The summed E-state index contributed by atoms with van der Waals surface area (Å²) in [6.45, 7) is 4.66. The topological polar surface area (TPSA) is 25.8 Å². The molecule has 1 aliphatic rings. The number of nitrogens with zero attached hydrogens (tertiary/aromatic N) is 2. The molecule has 9 aromatic rings. The van der Waals surface area contributed by atoms with Crippen molar-refractivity contribution in [1.29, 1.82) is 0 Å². The molecule has 0 aliphatic heterocycles. The molecule has 8 aromatic carbocycles. The lowest BCUT2D eigenvalue weighted by Crippen LogP contribution is -2.14. The summed E-state index contributed by atoms with van der Waals surface area (Å²) in [5, 5.41) is 7.26. The van der Waals surface area contributed by atoms with Crippen LogP contribution in [-0.4, -0.2) is 9.97 Å². The van der Waals surface area contributed by atoms with E-state index >= 15 is 0 Å². The van der Waals surface area contributed by atoms with Crippen molar-refractivity contribution in [2.45, 2.75) is 19.3 Å². The van der Waals surface area contributed by atoms with E-state index < -0.39 is 0 Å². The lowest BCUT2D eigenvalue weighted by atomic mass is 9.82. The average molecular weight is 651 g/mol. The minimum atomic E-state index is -0.0183. The Morgan fingerprint density at radius 3 is 1.92 bits per heavy atom. The second kappa shape index (κ2) is 11.3. The fourth-order valence-corrected chi connectivity index (χ4v) is 8.29. The van der Waals surface area contributed by atoms with Crippen LogP contribution in [0.3, 0.4) is 0 Å². The van der Waals surface area contributed by atoms with Crippen LogP contribution in [-0.2, 0) is 5.41 Å². The normalized spacial score (nSPS) is 13.1. The standard InChI is InChI=1S/C49H34N2/c1-49(2)43-22-11-10-21-39(43)42-28-34(24-26-44(42)49)33-17-12-18-36(27-33)45-30-46(51-48(50-45)32-14-4-3-5-15-32)47-38-20-9-7-16-35(38)29-41-37-19-8-6-13-31(37)23-25-40(41)47/h3-30H,1-2H3. The summed E-state index contributed by atoms with van der Waals surface area (Å²) in [6.07, 6.45) is 0. The fourth-order valence-electron chi connectivity index (χ4n) is 8.29. The van der Waals surface area contributed by atoms with Crippen molar-refractivity contribution in [2.24, 2.45) is 0 Å². The van der Waals surface area contributed by atoms with Crippen molar-refractivity contribution in [3.05, 3.63) is 181 Å². The van der Waals surface area contributed by atoms with Crippen LogP contribution in [0.1, 0.15) is 25.0 Å². The van der Waals surface area contributed by atoms with Gasteiger partial charge in [-0.2, -0.15) is 0 Å². The van der Waals surface area contributed by atoms with Crippen LogP contribution in [0.2, 0.25) is 0 Å². The molecule has 0 saturated carbocycles. The maximum Gasteiger partial charge on any atom is 0.160 e. The van der Waals surface area contributed by atoms with Gasteiger partial charge in [0.2, 0.25) is 0 Å². The first-order valence-corrected chi connectivity index (χ1v) is 17.7. The average Bonchev–Trinajstić information content (AvgIpc) is 3.42. The Balaban J connectivity index is 1.18. The largest absolute Gasteiger partial charge is 0.228 e. The minimum absolute atomic E-state index is 0.0183. The molecule has 10 rings (SSSR count). The molecule has 0 bridgehead atoms. The van der Waals surface area contributed by atoms with Crippen LogP contribution in [0.25, 0.3) is 88.5 Å². The number of benzene rings is 8. The molecule has 1 heterocycles. The van der Waals surface area contributed by atoms with Gasteiger partial charge in [-0.3, -0.25) is 0 Å². The summed E-state index contributed by atoms with van der Waals surface area (Å²) in [4.78, 5) is 10.6. The van der Waals surface area contributed by atoms with E-state index in [1.54, 1.807) is 0 Å². The summed E-state index contributed by atoms with van der Waals surface area (Å²) in [5.41, 5.74) is 12.8. The van der Waals surface area contributed by atoms with Crippen LogP contribution < -0.4 is 0 Å².